The molecule has 0 spiro atoms. The van der Waals surface area contributed by atoms with Crippen LogP contribution in [0.2, 0.25) is 0 Å². The van der Waals surface area contributed by atoms with Crippen LogP contribution in [0.1, 0.15) is 120 Å². The van der Waals surface area contributed by atoms with Gasteiger partial charge in [0.1, 0.15) is 23.3 Å². The molecule has 0 amide bonds. The highest BCUT2D eigenvalue weighted by molar-refractivity contribution is 5.36. The molecule has 0 saturated heterocycles. The summed E-state index contributed by atoms with van der Waals surface area (Å²) in [6.07, 6.45) is 19.8. The lowest BCUT2D eigenvalue weighted by Crippen LogP contribution is -2.18. The van der Waals surface area contributed by atoms with Crippen LogP contribution in [-0.4, -0.2) is 0 Å². The molecule has 2 aliphatic rings. The van der Waals surface area contributed by atoms with Gasteiger partial charge in [0.05, 0.1) is 0 Å². The summed E-state index contributed by atoms with van der Waals surface area (Å²) < 4.78 is 27.9. The lowest BCUT2D eigenvalue weighted by atomic mass is 9.74. The first-order valence-electron chi connectivity index (χ1n) is 12.5. The SMILES string of the molecule is CCCCCC[C@H]1CC[C@H](CC[C@H]2CC[C@H](c3cc(F)c(C#N)c(F)c3)CC2)CC1. The summed E-state index contributed by atoms with van der Waals surface area (Å²) in [5.74, 6) is 1.51. The molecule has 2 fully saturated rings. The van der Waals surface area contributed by atoms with Crippen LogP contribution in [-0.2, 0) is 0 Å². The van der Waals surface area contributed by atoms with Gasteiger partial charge in [-0.2, -0.15) is 5.26 Å². The van der Waals surface area contributed by atoms with Crippen LogP contribution in [0, 0.1) is 40.7 Å². The Bertz CT molecular complexity index is 668. The van der Waals surface area contributed by atoms with E-state index in [0.717, 1.165) is 36.2 Å². The van der Waals surface area contributed by atoms with Crippen molar-refractivity contribution in [3.63, 3.8) is 0 Å². The minimum Gasteiger partial charge on any atom is -0.205 e. The fourth-order valence-corrected chi connectivity index (χ4v) is 5.86. The van der Waals surface area contributed by atoms with E-state index in [1.165, 1.54) is 95.6 Å². The molecule has 0 N–H and O–H groups in total. The number of hydrogen-bond acceptors (Lipinski definition) is 1. The first-order chi connectivity index (χ1) is 14.6. The number of nitrogens with zero attached hydrogens (tertiary/aromatic N) is 1. The van der Waals surface area contributed by atoms with Crippen LogP contribution in [0.25, 0.3) is 0 Å². The number of rotatable bonds is 9. The van der Waals surface area contributed by atoms with E-state index in [-0.39, 0.29) is 5.92 Å². The Balaban J connectivity index is 1.35. The van der Waals surface area contributed by atoms with Gasteiger partial charge in [-0.1, -0.05) is 77.6 Å². The van der Waals surface area contributed by atoms with Crippen LogP contribution in [0.15, 0.2) is 12.1 Å². The van der Waals surface area contributed by atoms with Gasteiger partial charge in [0.25, 0.3) is 0 Å². The smallest absolute Gasteiger partial charge is 0.144 e. The average molecular weight is 416 g/mol. The lowest BCUT2D eigenvalue weighted by molar-refractivity contribution is 0.222. The zero-order valence-electron chi connectivity index (χ0n) is 18.8. The monoisotopic (exact) mass is 415 g/mol. The summed E-state index contributed by atoms with van der Waals surface area (Å²) in [7, 11) is 0. The Morgan fingerprint density at radius 2 is 1.27 bits per heavy atom. The van der Waals surface area contributed by atoms with Crippen LogP contribution in [0.3, 0.4) is 0 Å². The normalized spacial score (nSPS) is 27.0. The molecule has 1 nitrogen and oxygen atoms in total. The number of hydrogen-bond donors (Lipinski definition) is 0. The Kier molecular flexibility index (Phi) is 9.16. The molecule has 3 rings (SSSR count). The van der Waals surface area contributed by atoms with E-state index in [1.54, 1.807) is 6.07 Å². The molecule has 0 aromatic heterocycles. The average Bonchev–Trinajstić information content (AvgIpc) is 2.76. The third-order valence-electron chi connectivity index (χ3n) is 7.91. The predicted octanol–water partition coefficient (Wildman–Crippen LogP) is 8.67. The molecule has 30 heavy (non-hydrogen) atoms. The summed E-state index contributed by atoms with van der Waals surface area (Å²) in [5.41, 5.74) is 0.280. The highest BCUT2D eigenvalue weighted by atomic mass is 19.1. The van der Waals surface area contributed by atoms with Gasteiger partial charge < -0.3 is 0 Å². The van der Waals surface area contributed by atoms with E-state index in [2.05, 4.69) is 6.92 Å². The van der Waals surface area contributed by atoms with E-state index >= 15 is 0 Å². The van der Waals surface area contributed by atoms with Gasteiger partial charge in [0, 0.05) is 0 Å². The number of unbranched alkanes of at least 4 members (excludes halogenated alkanes) is 3. The first kappa shape index (κ1) is 23.2. The summed E-state index contributed by atoms with van der Waals surface area (Å²) in [6.45, 7) is 2.28. The van der Waals surface area contributed by atoms with Crippen LogP contribution in [0.5, 0.6) is 0 Å². The summed E-state index contributed by atoms with van der Waals surface area (Å²) in [5, 5.41) is 8.84. The second kappa shape index (κ2) is 11.8. The topological polar surface area (TPSA) is 23.8 Å². The molecule has 3 heteroatoms. The molecule has 1 aromatic carbocycles. The van der Waals surface area contributed by atoms with Gasteiger partial charge in [-0.3, -0.25) is 0 Å². The zero-order valence-corrected chi connectivity index (χ0v) is 18.8. The van der Waals surface area contributed by atoms with Crippen LogP contribution < -0.4 is 0 Å². The summed E-state index contributed by atoms with van der Waals surface area (Å²) in [4.78, 5) is 0. The lowest BCUT2D eigenvalue weighted by Gasteiger charge is -2.32. The fourth-order valence-electron chi connectivity index (χ4n) is 5.86. The Hall–Kier alpha value is -1.43. The third-order valence-corrected chi connectivity index (χ3v) is 7.91. The van der Waals surface area contributed by atoms with Crippen molar-refractivity contribution in [2.75, 3.05) is 0 Å². The van der Waals surface area contributed by atoms with E-state index in [0.29, 0.717) is 0 Å². The highest BCUT2D eigenvalue weighted by Gasteiger charge is 2.26. The summed E-state index contributed by atoms with van der Waals surface area (Å²) >= 11 is 0. The Labute approximate surface area is 182 Å². The second-order valence-electron chi connectivity index (χ2n) is 10.0. The molecular formula is C27H39F2N. The molecular weight excluding hydrogens is 376 g/mol. The molecule has 0 atom stereocenters. The summed E-state index contributed by atoms with van der Waals surface area (Å²) in [6, 6.07) is 4.38. The van der Waals surface area contributed by atoms with Crippen molar-refractivity contribution in [3.8, 4) is 6.07 Å². The molecule has 0 unspecified atom stereocenters. The quantitative estimate of drug-likeness (QED) is 0.370. The highest BCUT2D eigenvalue weighted by Crippen LogP contribution is 2.40. The molecule has 166 valence electrons. The molecule has 0 aliphatic heterocycles. The van der Waals surface area contributed by atoms with E-state index in [4.69, 9.17) is 5.26 Å². The zero-order chi connectivity index (χ0) is 21.3. The second-order valence-corrected chi connectivity index (χ2v) is 10.0. The number of nitriles is 1. The van der Waals surface area contributed by atoms with E-state index < -0.39 is 17.2 Å². The number of benzene rings is 1. The maximum Gasteiger partial charge on any atom is 0.144 e. The van der Waals surface area contributed by atoms with Crippen LogP contribution in [0.4, 0.5) is 8.78 Å². The van der Waals surface area contributed by atoms with E-state index in [9.17, 15) is 8.78 Å². The molecule has 0 radical (unpaired) electrons. The molecule has 2 aliphatic carbocycles. The first-order valence-corrected chi connectivity index (χ1v) is 12.5. The maximum absolute atomic E-state index is 13.9. The third kappa shape index (κ3) is 6.53. The van der Waals surface area contributed by atoms with Gasteiger partial charge in [0.15, 0.2) is 0 Å². The van der Waals surface area contributed by atoms with Gasteiger partial charge in [-0.25, -0.2) is 8.78 Å². The number of halogens is 2. The molecule has 1 aromatic rings. The molecule has 2 saturated carbocycles. The van der Waals surface area contributed by atoms with Crippen molar-refractivity contribution < 1.29 is 8.78 Å². The maximum atomic E-state index is 13.9. The van der Waals surface area contributed by atoms with Crippen molar-refractivity contribution in [3.05, 3.63) is 34.9 Å². The van der Waals surface area contributed by atoms with Gasteiger partial charge >= 0.3 is 0 Å². The van der Waals surface area contributed by atoms with Crippen molar-refractivity contribution in [2.45, 2.75) is 109 Å². The van der Waals surface area contributed by atoms with Crippen molar-refractivity contribution in [1.29, 1.82) is 5.26 Å². The minimum atomic E-state index is -0.712. The van der Waals surface area contributed by atoms with Crippen molar-refractivity contribution in [1.82, 2.24) is 0 Å². The van der Waals surface area contributed by atoms with Gasteiger partial charge in [-0.15, -0.1) is 0 Å². The molecule has 0 heterocycles. The van der Waals surface area contributed by atoms with Gasteiger partial charge in [-0.05, 0) is 67.1 Å². The Morgan fingerprint density at radius 1 is 0.767 bits per heavy atom. The molecule has 0 bridgehead atoms. The standard InChI is InChI=1S/C27H39F2N/c1-2-3-4-5-6-20-7-9-21(10-8-20)11-12-22-13-15-23(16-14-22)24-17-26(28)25(19-30)27(29)18-24/h17-18,20-23H,2-16H2,1H3/t20-,21-,22-,23-. The minimum absolute atomic E-state index is 0.237. The van der Waals surface area contributed by atoms with Crippen molar-refractivity contribution in [2.24, 2.45) is 17.8 Å². The van der Waals surface area contributed by atoms with E-state index in [1.807, 2.05) is 0 Å². The largest absolute Gasteiger partial charge is 0.205 e. The van der Waals surface area contributed by atoms with Crippen molar-refractivity contribution >= 4 is 0 Å². The Morgan fingerprint density at radius 3 is 1.77 bits per heavy atom. The fraction of sp³-hybridized carbons (Fsp3) is 0.741. The predicted molar refractivity (Wildman–Crippen MR) is 119 cm³/mol. The van der Waals surface area contributed by atoms with Crippen LogP contribution >= 0.6 is 0 Å². The van der Waals surface area contributed by atoms with Gasteiger partial charge in [0.2, 0.25) is 0 Å².